The fourth-order valence-electron chi connectivity index (χ4n) is 1.78. The molecular weight excluding hydrogens is 220 g/mol. The number of carbonyl (C=O) groups is 1. The van der Waals surface area contributed by atoms with Crippen LogP contribution in [-0.2, 0) is 4.79 Å². The van der Waals surface area contributed by atoms with E-state index in [1.165, 1.54) is 0 Å². The third-order valence-electron chi connectivity index (χ3n) is 2.68. The predicted molar refractivity (Wildman–Crippen MR) is 63.5 cm³/mol. The molecular formula is C12H14N2O3. The lowest BCUT2D eigenvalue weighted by Gasteiger charge is -2.17. The second kappa shape index (κ2) is 4.86. The third-order valence-corrected chi connectivity index (χ3v) is 2.68. The number of benzene rings is 1. The van der Waals surface area contributed by atoms with Crippen LogP contribution in [0.25, 0.3) is 0 Å². The maximum Gasteiger partial charge on any atom is 0.241 e. The fourth-order valence-corrected chi connectivity index (χ4v) is 1.78. The first-order valence-corrected chi connectivity index (χ1v) is 5.28. The second-order valence-electron chi connectivity index (χ2n) is 3.74. The van der Waals surface area contributed by atoms with Gasteiger partial charge in [0.1, 0.15) is 0 Å². The molecule has 1 atom stereocenters. The van der Waals surface area contributed by atoms with E-state index in [2.05, 4.69) is 10.5 Å². The maximum atomic E-state index is 11.2. The Bertz CT molecular complexity index is 457. The minimum atomic E-state index is -0.0766. The van der Waals surface area contributed by atoms with Gasteiger partial charge < -0.3 is 9.47 Å². The summed E-state index contributed by atoms with van der Waals surface area (Å²) in [4.78, 5) is 11.2. The lowest BCUT2D eigenvalue weighted by molar-refractivity contribution is -0.121. The zero-order valence-corrected chi connectivity index (χ0v) is 9.77. The van der Waals surface area contributed by atoms with Crippen molar-refractivity contribution in [1.29, 1.82) is 0 Å². The quantitative estimate of drug-likeness (QED) is 0.857. The molecule has 1 aromatic rings. The van der Waals surface area contributed by atoms with Crippen molar-refractivity contribution in [2.45, 2.75) is 12.3 Å². The van der Waals surface area contributed by atoms with Gasteiger partial charge in [-0.05, 0) is 17.7 Å². The number of amides is 1. The maximum absolute atomic E-state index is 11.2. The van der Waals surface area contributed by atoms with Crippen LogP contribution in [-0.4, -0.2) is 26.3 Å². The Labute approximate surface area is 99.4 Å². The molecule has 1 aromatic carbocycles. The van der Waals surface area contributed by atoms with Gasteiger partial charge in [0.15, 0.2) is 11.5 Å². The Morgan fingerprint density at radius 3 is 2.71 bits per heavy atom. The minimum absolute atomic E-state index is 0.0106. The molecule has 1 aliphatic heterocycles. The van der Waals surface area contributed by atoms with Crippen molar-refractivity contribution in [3.05, 3.63) is 23.8 Å². The molecule has 0 aliphatic carbocycles. The molecule has 5 nitrogen and oxygen atoms in total. The van der Waals surface area contributed by atoms with Gasteiger partial charge in [0.25, 0.3) is 0 Å². The summed E-state index contributed by atoms with van der Waals surface area (Å²) in [6.45, 7) is 0. The minimum Gasteiger partial charge on any atom is -0.493 e. The number of nitrogens with zero attached hydrogens (tertiary/aromatic N) is 1. The Morgan fingerprint density at radius 2 is 2.06 bits per heavy atom. The van der Waals surface area contributed by atoms with Gasteiger partial charge in [0, 0.05) is 18.6 Å². The number of methoxy groups -OCH3 is 2. The van der Waals surface area contributed by atoms with Crippen molar-refractivity contribution in [3.8, 4) is 11.5 Å². The van der Waals surface area contributed by atoms with Crippen LogP contribution in [0.4, 0.5) is 0 Å². The normalized spacial score (nSPS) is 18.7. The molecule has 1 unspecified atom stereocenters. The van der Waals surface area contributed by atoms with Gasteiger partial charge in [-0.3, -0.25) is 4.79 Å². The van der Waals surface area contributed by atoms with Crippen molar-refractivity contribution >= 4 is 12.1 Å². The molecule has 0 fully saturated rings. The van der Waals surface area contributed by atoms with E-state index < -0.39 is 0 Å². The van der Waals surface area contributed by atoms with E-state index in [4.69, 9.17) is 9.47 Å². The van der Waals surface area contributed by atoms with E-state index in [1.54, 1.807) is 20.4 Å². The van der Waals surface area contributed by atoms with E-state index >= 15 is 0 Å². The lowest BCUT2D eigenvalue weighted by Crippen LogP contribution is -2.26. The van der Waals surface area contributed by atoms with Crippen molar-refractivity contribution in [3.63, 3.8) is 0 Å². The van der Waals surface area contributed by atoms with Gasteiger partial charge in [0.2, 0.25) is 5.91 Å². The molecule has 90 valence electrons. The van der Waals surface area contributed by atoms with Crippen molar-refractivity contribution in [2.75, 3.05) is 14.2 Å². The first-order chi connectivity index (χ1) is 8.24. The zero-order chi connectivity index (χ0) is 12.3. The summed E-state index contributed by atoms with van der Waals surface area (Å²) in [7, 11) is 3.18. The highest BCUT2D eigenvalue weighted by Gasteiger charge is 2.19. The van der Waals surface area contributed by atoms with E-state index in [1.807, 2.05) is 18.2 Å². The van der Waals surface area contributed by atoms with Crippen LogP contribution in [0.5, 0.6) is 11.5 Å². The Kier molecular flexibility index (Phi) is 3.27. The predicted octanol–water partition coefficient (Wildman–Crippen LogP) is 1.29. The molecule has 1 N–H and O–H groups in total. The van der Waals surface area contributed by atoms with Gasteiger partial charge in [-0.25, -0.2) is 5.43 Å². The van der Waals surface area contributed by atoms with Crippen LogP contribution >= 0.6 is 0 Å². The molecule has 0 radical (unpaired) electrons. The molecule has 17 heavy (non-hydrogen) atoms. The number of ether oxygens (including phenoxy) is 2. The van der Waals surface area contributed by atoms with E-state index in [0.717, 1.165) is 5.56 Å². The highest BCUT2D eigenvalue weighted by molar-refractivity contribution is 5.86. The van der Waals surface area contributed by atoms with Crippen LogP contribution in [0.2, 0.25) is 0 Å². The lowest BCUT2D eigenvalue weighted by atomic mass is 9.95. The van der Waals surface area contributed by atoms with Gasteiger partial charge in [0.05, 0.1) is 14.2 Å². The number of nitrogens with one attached hydrogen (secondary N) is 1. The van der Waals surface area contributed by atoms with Crippen molar-refractivity contribution in [1.82, 2.24) is 5.43 Å². The number of hydrogen-bond donors (Lipinski definition) is 1. The van der Waals surface area contributed by atoms with Gasteiger partial charge in [-0.2, -0.15) is 5.10 Å². The summed E-state index contributed by atoms with van der Waals surface area (Å²) >= 11 is 0. The standard InChI is InChI=1S/C12H14N2O3/c1-16-10-4-3-8(5-11(10)17-2)9-6-12(15)14-13-7-9/h3-5,7,9H,6H2,1-2H3,(H,14,15). The number of hydrazone groups is 1. The van der Waals surface area contributed by atoms with Crippen LogP contribution in [0.3, 0.4) is 0 Å². The Morgan fingerprint density at radius 1 is 1.29 bits per heavy atom. The summed E-state index contributed by atoms with van der Waals surface area (Å²) in [5, 5.41) is 3.82. The van der Waals surface area contributed by atoms with Crippen LogP contribution in [0.15, 0.2) is 23.3 Å². The van der Waals surface area contributed by atoms with Crippen molar-refractivity contribution < 1.29 is 14.3 Å². The van der Waals surface area contributed by atoms with E-state index in [9.17, 15) is 4.79 Å². The van der Waals surface area contributed by atoms with E-state index in [0.29, 0.717) is 17.9 Å². The van der Waals surface area contributed by atoms with Gasteiger partial charge in [-0.1, -0.05) is 6.07 Å². The molecule has 0 spiro atoms. The molecule has 1 aliphatic rings. The molecule has 2 rings (SSSR count). The number of hydrogen-bond acceptors (Lipinski definition) is 4. The largest absolute Gasteiger partial charge is 0.493 e. The molecule has 1 heterocycles. The highest BCUT2D eigenvalue weighted by Crippen LogP contribution is 2.31. The summed E-state index contributed by atoms with van der Waals surface area (Å²) in [6.07, 6.45) is 2.13. The second-order valence-corrected chi connectivity index (χ2v) is 3.74. The average Bonchev–Trinajstić information content (AvgIpc) is 2.38. The molecule has 0 bridgehead atoms. The molecule has 0 saturated heterocycles. The Balaban J connectivity index is 2.30. The highest BCUT2D eigenvalue weighted by atomic mass is 16.5. The summed E-state index contributed by atoms with van der Waals surface area (Å²) in [5.41, 5.74) is 3.39. The fraction of sp³-hybridized carbons (Fsp3) is 0.333. The number of rotatable bonds is 3. The first-order valence-electron chi connectivity index (χ1n) is 5.28. The molecule has 5 heteroatoms. The first kappa shape index (κ1) is 11.4. The molecule has 0 saturated carbocycles. The third kappa shape index (κ3) is 2.38. The monoisotopic (exact) mass is 234 g/mol. The number of carbonyl (C=O) groups excluding carboxylic acids is 1. The smallest absolute Gasteiger partial charge is 0.241 e. The summed E-state index contributed by atoms with van der Waals surface area (Å²) < 4.78 is 10.4. The van der Waals surface area contributed by atoms with Crippen LogP contribution < -0.4 is 14.9 Å². The SMILES string of the molecule is COc1ccc(C2C=NNC(=O)C2)cc1OC. The van der Waals surface area contributed by atoms with Gasteiger partial charge in [-0.15, -0.1) is 0 Å². The summed E-state index contributed by atoms with van der Waals surface area (Å²) in [6, 6.07) is 5.61. The molecule has 1 amide bonds. The topological polar surface area (TPSA) is 59.9 Å². The van der Waals surface area contributed by atoms with Gasteiger partial charge >= 0.3 is 0 Å². The van der Waals surface area contributed by atoms with Crippen LogP contribution in [0.1, 0.15) is 17.9 Å². The van der Waals surface area contributed by atoms with E-state index in [-0.39, 0.29) is 11.8 Å². The average molecular weight is 234 g/mol. The summed E-state index contributed by atoms with van der Waals surface area (Å²) in [5.74, 6) is 1.24. The Hall–Kier alpha value is -2.04. The van der Waals surface area contributed by atoms with Crippen LogP contribution in [0, 0.1) is 0 Å². The zero-order valence-electron chi connectivity index (χ0n) is 9.77. The molecule has 0 aromatic heterocycles. The van der Waals surface area contributed by atoms with Crippen molar-refractivity contribution in [2.24, 2.45) is 5.10 Å².